The van der Waals surface area contributed by atoms with Crippen molar-refractivity contribution in [2.24, 2.45) is 0 Å². The van der Waals surface area contributed by atoms with Crippen LogP contribution in [0.25, 0.3) is 0 Å². The predicted octanol–water partition coefficient (Wildman–Crippen LogP) is 6.34. The Morgan fingerprint density at radius 2 is 0.875 bits per heavy atom. The first-order valence-electron chi connectivity index (χ1n) is 19.4. The molecule has 0 spiro atoms. The van der Waals surface area contributed by atoms with Crippen LogP contribution in [0.15, 0.2) is 61.2 Å². The number of carbonyl (C=O) groups is 2. The standard InChI is InChI=1S/C38H54N4.2C2HF3O2/c1-5-9-19-35-36(20-10-6-2)40-26-32-16-14-18-34(24-32)28-42-30-41(37(21-11-7-3)38(42)22-12-8-4)27-33-17-13-15-31(23-33)25-39(35)29-40;2*3-2(4,5)1(6)7/h13-18,23-24,29-30H,5-12,19-22,25-28H2,1-4H3;2*(H,6,7)/q+2;;/p-2. The normalized spacial score (nSPS) is 12.6. The summed E-state index contributed by atoms with van der Waals surface area (Å²) < 4.78 is 73.4. The van der Waals surface area contributed by atoms with Gasteiger partial charge in [0.1, 0.15) is 60.9 Å². The molecule has 4 aromatic rings. The van der Waals surface area contributed by atoms with Gasteiger partial charge in [0.05, 0.1) is 0 Å². The Balaban J connectivity index is 0.000000512. The Bertz CT molecular complexity index is 1630. The first kappa shape index (κ1) is 45.8. The fourth-order valence-electron chi connectivity index (χ4n) is 6.79. The lowest BCUT2D eigenvalue weighted by atomic mass is 10.1. The Hall–Kier alpha value is -4.62. The van der Waals surface area contributed by atoms with Gasteiger partial charge < -0.3 is 19.8 Å². The second-order valence-corrected chi connectivity index (χ2v) is 14.2. The van der Waals surface area contributed by atoms with Crippen molar-refractivity contribution in [3.05, 3.63) is 106 Å². The summed E-state index contributed by atoms with van der Waals surface area (Å²) in [5.41, 5.74) is 11.8. The number of carbonyl (C=O) groups excluding carboxylic acids is 2. The molecule has 0 radical (unpaired) electrons. The van der Waals surface area contributed by atoms with E-state index in [1.54, 1.807) is 22.8 Å². The summed E-state index contributed by atoms with van der Waals surface area (Å²) in [6, 6.07) is 18.8. The number of hydrogen-bond donors (Lipinski definition) is 0. The van der Waals surface area contributed by atoms with E-state index in [4.69, 9.17) is 19.8 Å². The molecule has 0 N–H and O–H groups in total. The minimum Gasteiger partial charge on any atom is -0.542 e. The summed E-state index contributed by atoms with van der Waals surface area (Å²) in [6.07, 6.45) is 8.99. The van der Waals surface area contributed by atoms with Gasteiger partial charge in [-0.3, -0.25) is 0 Å². The average Bonchev–Trinajstić information content (AvgIpc) is 3.61. The maximum absolute atomic E-state index is 10.5. The second kappa shape index (κ2) is 21.6. The molecule has 8 nitrogen and oxygen atoms in total. The maximum Gasteiger partial charge on any atom is 0.430 e. The van der Waals surface area contributed by atoms with Gasteiger partial charge >= 0.3 is 12.4 Å². The summed E-state index contributed by atoms with van der Waals surface area (Å²) in [6.45, 7) is 13.0. The van der Waals surface area contributed by atoms with E-state index in [-0.39, 0.29) is 0 Å². The van der Waals surface area contributed by atoms with Crippen molar-refractivity contribution < 1.29 is 55.3 Å². The van der Waals surface area contributed by atoms with E-state index in [0.717, 1.165) is 51.9 Å². The Morgan fingerprint density at radius 3 is 1.20 bits per heavy atom. The number of alkyl halides is 6. The van der Waals surface area contributed by atoms with E-state index in [1.165, 1.54) is 73.6 Å². The number of rotatable bonds is 12. The van der Waals surface area contributed by atoms with Crippen molar-refractivity contribution in [1.29, 1.82) is 0 Å². The van der Waals surface area contributed by atoms with Crippen LogP contribution in [0.1, 0.15) is 124 Å². The molecule has 0 aliphatic carbocycles. The molecule has 14 heteroatoms. The van der Waals surface area contributed by atoms with Crippen molar-refractivity contribution in [2.75, 3.05) is 0 Å². The molecule has 0 amide bonds. The number of aromatic nitrogens is 4. The number of nitrogens with zero attached hydrogens (tertiary/aromatic N) is 4. The largest absolute Gasteiger partial charge is 0.542 e. The molecule has 0 unspecified atom stereocenters. The highest BCUT2D eigenvalue weighted by atomic mass is 19.4. The molecule has 8 bridgehead atoms. The molecule has 0 fully saturated rings. The molecular formula is C42H54F6N4O4. The second-order valence-electron chi connectivity index (χ2n) is 14.2. The third-order valence-electron chi connectivity index (χ3n) is 9.54. The van der Waals surface area contributed by atoms with Gasteiger partial charge in [0.2, 0.25) is 12.7 Å². The van der Waals surface area contributed by atoms with Gasteiger partial charge in [-0.1, -0.05) is 89.8 Å². The molecule has 1 aliphatic rings. The summed E-state index contributed by atoms with van der Waals surface area (Å²) in [4.78, 5) is 17.6. The van der Waals surface area contributed by atoms with Crippen LogP contribution < -0.4 is 19.3 Å². The number of imidazole rings is 2. The van der Waals surface area contributed by atoms with Crippen molar-refractivity contribution >= 4 is 11.9 Å². The zero-order chi connectivity index (χ0) is 41.5. The number of unbranched alkanes of at least 4 members (excludes halogenated alkanes) is 4. The Labute approximate surface area is 325 Å². The smallest absolute Gasteiger partial charge is 0.430 e. The third-order valence-corrected chi connectivity index (χ3v) is 9.54. The first-order valence-corrected chi connectivity index (χ1v) is 19.4. The molecule has 56 heavy (non-hydrogen) atoms. The molecule has 5 rings (SSSR count). The number of hydrogen-bond acceptors (Lipinski definition) is 4. The third kappa shape index (κ3) is 13.8. The van der Waals surface area contributed by atoms with Crippen LogP contribution in [-0.4, -0.2) is 33.4 Å². The monoisotopic (exact) mass is 792 g/mol. The van der Waals surface area contributed by atoms with E-state index in [2.05, 4.69) is 107 Å². The number of benzene rings is 2. The zero-order valence-corrected chi connectivity index (χ0v) is 32.8. The van der Waals surface area contributed by atoms with E-state index < -0.39 is 24.3 Å². The van der Waals surface area contributed by atoms with E-state index in [1.807, 2.05) is 0 Å². The molecule has 0 saturated carbocycles. The van der Waals surface area contributed by atoms with Gasteiger partial charge in [-0.15, -0.1) is 0 Å². The Kier molecular flexibility index (Phi) is 17.7. The number of carboxylic acids is 2. The molecule has 0 atom stereocenters. The van der Waals surface area contributed by atoms with E-state index in [9.17, 15) is 26.3 Å². The SMILES string of the molecule is CCCCc1c(CCCC)[n+]2cn1Cc1cccc(c1)Cn1c[n+](c(CCCC)c1CCCC)Cc1cccc(c1)C2.O=C([O-])C(F)(F)F.O=C([O-])C(F)(F)F. The van der Waals surface area contributed by atoms with Crippen LogP contribution in [0.4, 0.5) is 26.3 Å². The minimum absolute atomic E-state index is 0.940. The maximum atomic E-state index is 10.5. The van der Waals surface area contributed by atoms with Gasteiger partial charge in [-0.2, -0.15) is 26.3 Å². The van der Waals surface area contributed by atoms with Crippen molar-refractivity contribution in [2.45, 2.75) is 143 Å². The summed E-state index contributed by atoms with van der Waals surface area (Å²) in [7, 11) is 0. The summed E-state index contributed by atoms with van der Waals surface area (Å²) >= 11 is 0. The molecule has 1 aliphatic heterocycles. The van der Waals surface area contributed by atoms with Crippen LogP contribution in [-0.2, 0) is 61.5 Å². The summed E-state index contributed by atoms with van der Waals surface area (Å²) in [5, 5.41) is 17.6. The number of aliphatic carboxylic acids is 2. The lowest BCUT2D eigenvalue weighted by Crippen LogP contribution is -2.38. The topological polar surface area (TPSA) is 97.9 Å². The summed E-state index contributed by atoms with van der Waals surface area (Å²) in [5.74, 6) is -6.01. The van der Waals surface area contributed by atoms with Crippen LogP contribution in [0.5, 0.6) is 0 Å². The molecular weight excluding hydrogens is 738 g/mol. The lowest BCUT2D eigenvalue weighted by molar-refractivity contribution is -0.696. The molecule has 3 heterocycles. The van der Waals surface area contributed by atoms with Crippen molar-refractivity contribution in [1.82, 2.24) is 9.13 Å². The number of halogens is 6. The van der Waals surface area contributed by atoms with E-state index in [0.29, 0.717) is 0 Å². The molecule has 308 valence electrons. The highest BCUT2D eigenvalue weighted by Crippen LogP contribution is 2.21. The fraction of sp³-hybridized carbons (Fsp3) is 0.524. The van der Waals surface area contributed by atoms with Crippen molar-refractivity contribution in [3.8, 4) is 0 Å². The average molecular weight is 793 g/mol. The van der Waals surface area contributed by atoms with E-state index >= 15 is 0 Å². The van der Waals surface area contributed by atoms with Crippen LogP contribution in [0.3, 0.4) is 0 Å². The highest BCUT2D eigenvalue weighted by Gasteiger charge is 2.30. The van der Waals surface area contributed by atoms with Gasteiger partial charge in [-0.25, -0.2) is 18.3 Å². The van der Waals surface area contributed by atoms with Gasteiger partial charge in [0, 0.05) is 25.7 Å². The predicted molar refractivity (Wildman–Crippen MR) is 195 cm³/mol. The lowest BCUT2D eigenvalue weighted by Gasteiger charge is -2.08. The first-order chi connectivity index (χ1) is 26.5. The molecule has 2 aromatic heterocycles. The van der Waals surface area contributed by atoms with Crippen LogP contribution >= 0.6 is 0 Å². The zero-order valence-electron chi connectivity index (χ0n) is 32.8. The molecule has 0 saturated heterocycles. The minimum atomic E-state index is -5.19. The van der Waals surface area contributed by atoms with Crippen LogP contribution in [0.2, 0.25) is 0 Å². The van der Waals surface area contributed by atoms with Gasteiger partial charge in [-0.05, 0) is 60.1 Å². The number of carboxylic acid groups (broad SMARTS) is 2. The fourth-order valence-corrected chi connectivity index (χ4v) is 6.79. The Morgan fingerprint density at radius 1 is 0.571 bits per heavy atom. The van der Waals surface area contributed by atoms with Gasteiger partial charge in [0.25, 0.3) is 0 Å². The van der Waals surface area contributed by atoms with Gasteiger partial charge in [0.15, 0.2) is 0 Å². The van der Waals surface area contributed by atoms with Crippen LogP contribution in [0, 0.1) is 0 Å². The number of fused-ring (bicyclic) bond motifs is 8. The molecule has 2 aromatic carbocycles. The van der Waals surface area contributed by atoms with Crippen molar-refractivity contribution in [3.63, 3.8) is 0 Å². The quantitative estimate of drug-likeness (QED) is 0.109. The highest BCUT2D eigenvalue weighted by molar-refractivity contribution is 5.71.